The molecule has 1 aromatic heterocycles. The van der Waals surface area contributed by atoms with Crippen molar-refractivity contribution in [1.82, 2.24) is 4.98 Å². The molecule has 0 radical (unpaired) electrons. The number of hydrogen-bond donors (Lipinski definition) is 1. The van der Waals surface area contributed by atoms with E-state index in [0.29, 0.717) is 6.04 Å². The molecule has 0 aliphatic carbocycles. The minimum absolute atomic E-state index is 0.514. The van der Waals surface area contributed by atoms with E-state index in [4.69, 9.17) is 5.73 Å². The van der Waals surface area contributed by atoms with Gasteiger partial charge in [0.1, 0.15) is 0 Å². The van der Waals surface area contributed by atoms with E-state index in [1.165, 1.54) is 19.3 Å². The van der Waals surface area contributed by atoms with Gasteiger partial charge in [0.2, 0.25) is 0 Å². The molecule has 1 atom stereocenters. The third-order valence-electron chi connectivity index (χ3n) is 2.56. The Morgan fingerprint density at radius 1 is 1.62 bits per heavy atom. The maximum Gasteiger partial charge on any atom is 0.185 e. The molecule has 0 unspecified atom stereocenters. The summed E-state index contributed by atoms with van der Waals surface area (Å²) in [6.45, 7) is 1.87. The van der Waals surface area contributed by atoms with Gasteiger partial charge in [0.15, 0.2) is 5.13 Å². The second-order valence-electron chi connectivity index (χ2n) is 3.39. The van der Waals surface area contributed by atoms with Crippen molar-refractivity contribution in [3.63, 3.8) is 0 Å². The number of anilines is 1. The van der Waals surface area contributed by atoms with Gasteiger partial charge in [-0.2, -0.15) is 0 Å². The molecular weight excluding hydrogens is 182 g/mol. The molecule has 0 amide bonds. The third kappa shape index (κ3) is 1.84. The molecule has 2 N–H and O–H groups in total. The van der Waals surface area contributed by atoms with Gasteiger partial charge in [-0.15, -0.1) is 11.3 Å². The lowest BCUT2D eigenvalue weighted by Crippen LogP contribution is -2.44. The fraction of sp³-hybridized carbons (Fsp3) is 0.667. The highest BCUT2D eigenvalue weighted by Gasteiger charge is 2.22. The van der Waals surface area contributed by atoms with Gasteiger partial charge in [0, 0.05) is 30.7 Å². The lowest BCUT2D eigenvalue weighted by atomic mass is 10.0. The average molecular weight is 197 g/mol. The van der Waals surface area contributed by atoms with Crippen molar-refractivity contribution < 1.29 is 0 Å². The molecule has 4 heteroatoms. The first-order chi connectivity index (χ1) is 6.42. The molecule has 3 nitrogen and oxygen atoms in total. The monoisotopic (exact) mass is 197 g/mol. The molecule has 1 aromatic rings. The molecule has 2 rings (SSSR count). The van der Waals surface area contributed by atoms with Gasteiger partial charge in [-0.25, -0.2) is 4.98 Å². The fourth-order valence-electron chi connectivity index (χ4n) is 1.86. The number of thiazole rings is 1. The molecule has 0 bridgehead atoms. The SMILES string of the molecule is NC[C@@H]1CCCCN1c1nccs1. The van der Waals surface area contributed by atoms with Crippen LogP contribution in [0.3, 0.4) is 0 Å². The summed E-state index contributed by atoms with van der Waals surface area (Å²) in [5, 5.41) is 3.16. The van der Waals surface area contributed by atoms with Crippen molar-refractivity contribution in [3.05, 3.63) is 11.6 Å². The van der Waals surface area contributed by atoms with Crippen LogP contribution in [0.25, 0.3) is 0 Å². The minimum Gasteiger partial charge on any atom is -0.344 e. The lowest BCUT2D eigenvalue weighted by molar-refractivity contribution is 0.465. The summed E-state index contributed by atoms with van der Waals surface area (Å²) < 4.78 is 0. The van der Waals surface area contributed by atoms with Gasteiger partial charge < -0.3 is 10.6 Å². The van der Waals surface area contributed by atoms with Crippen LogP contribution < -0.4 is 10.6 Å². The third-order valence-corrected chi connectivity index (χ3v) is 3.37. The van der Waals surface area contributed by atoms with E-state index in [0.717, 1.165) is 18.2 Å². The number of piperidine rings is 1. The fourth-order valence-corrected chi connectivity index (χ4v) is 2.60. The highest BCUT2D eigenvalue weighted by atomic mass is 32.1. The highest BCUT2D eigenvalue weighted by molar-refractivity contribution is 7.13. The maximum atomic E-state index is 5.73. The Balaban J connectivity index is 2.11. The van der Waals surface area contributed by atoms with E-state index < -0.39 is 0 Å². The summed E-state index contributed by atoms with van der Waals surface area (Å²) in [5.74, 6) is 0. The van der Waals surface area contributed by atoms with E-state index >= 15 is 0 Å². The van der Waals surface area contributed by atoms with Crippen LogP contribution in [0.2, 0.25) is 0 Å². The van der Waals surface area contributed by atoms with Gasteiger partial charge in [0.25, 0.3) is 0 Å². The molecule has 1 aliphatic rings. The van der Waals surface area contributed by atoms with E-state index in [-0.39, 0.29) is 0 Å². The van der Waals surface area contributed by atoms with Crippen molar-refractivity contribution in [3.8, 4) is 0 Å². The first-order valence-corrected chi connectivity index (χ1v) is 5.66. The second-order valence-corrected chi connectivity index (χ2v) is 4.27. The zero-order chi connectivity index (χ0) is 9.10. The van der Waals surface area contributed by atoms with Crippen LogP contribution in [-0.2, 0) is 0 Å². The molecule has 1 saturated heterocycles. The Morgan fingerprint density at radius 2 is 2.54 bits per heavy atom. The van der Waals surface area contributed by atoms with Crippen molar-refractivity contribution in [2.45, 2.75) is 25.3 Å². The number of nitrogens with two attached hydrogens (primary N) is 1. The van der Waals surface area contributed by atoms with E-state index in [9.17, 15) is 0 Å². The van der Waals surface area contributed by atoms with Gasteiger partial charge in [0.05, 0.1) is 0 Å². The topological polar surface area (TPSA) is 42.1 Å². The van der Waals surface area contributed by atoms with Crippen molar-refractivity contribution in [2.75, 3.05) is 18.0 Å². The van der Waals surface area contributed by atoms with Crippen LogP contribution in [0.1, 0.15) is 19.3 Å². The normalized spacial score (nSPS) is 23.5. The minimum atomic E-state index is 0.514. The van der Waals surface area contributed by atoms with Gasteiger partial charge in [-0.05, 0) is 19.3 Å². The Kier molecular flexibility index (Phi) is 2.80. The van der Waals surface area contributed by atoms with E-state index in [2.05, 4.69) is 9.88 Å². The largest absolute Gasteiger partial charge is 0.344 e. The van der Waals surface area contributed by atoms with Crippen LogP contribution in [0.4, 0.5) is 5.13 Å². The molecule has 13 heavy (non-hydrogen) atoms. The van der Waals surface area contributed by atoms with Crippen LogP contribution in [0.15, 0.2) is 11.6 Å². The molecule has 0 spiro atoms. The first kappa shape index (κ1) is 8.97. The summed E-state index contributed by atoms with van der Waals surface area (Å²) in [6, 6.07) is 0.514. The molecule has 0 saturated carbocycles. The smallest absolute Gasteiger partial charge is 0.185 e. The Bertz CT molecular complexity index is 247. The van der Waals surface area contributed by atoms with Gasteiger partial charge in [-0.3, -0.25) is 0 Å². The van der Waals surface area contributed by atoms with Crippen LogP contribution >= 0.6 is 11.3 Å². The Morgan fingerprint density at radius 3 is 3.23 bits per heavy atom. The number of aromatic nitrogens is 1. The summed E-state index contributed by atoms with van der Waals surface area (Å²) in [5.41, 5.74) is 5.73. The van der Waals surface area contributed by atoms with E-state index in [1.54, 1.807) is 11.3 Å². The van der Waals surface area contributed by atoms with Crippen molar-refractivity contribution in [1.29, 1.82) is 0 Å². The summed E-state index contributed by atoms with van der Waals surface area (Å²) in [4.78, 5) is 6.68. The first-order valence-electron chi connectivity index (χ1n) is 4.78. The van der Waals surface area contributed by atoms with Crippen LogP contribution in [0.5, 0.6) is 0 Å². The number of rotatable bonds is 2. The Labute approximate surface area is 82.6 Å². The summed E-state index contributed by atoms with van der Waals surface area (Å²) in [7, 11) is 0. The molecular formula is C9H15N3S. The average Bonchev–Trinajstić information content (AvgIpc) is 2.70. The van der Waals surface area contributed by atoms with Crippen LogP contribution in [0, 0.1) is 0 Å². The zero-order valence-corrected chi connectivity index (χ0v) is 8.46. The van der Waals surface area contributed by atoms with E-state index in [1.807, 2.05) is 11.6 Å². The van der Waals surface area contributed by atoms with Gasteiger partial charge in [-0.1, -0.05) is 0 Å². The van der Waals surface area contributed by atoms with Crippen molar-refractivity contribution in [2.24, 2.45) is 5.73 Å². The second kappa shape index (κ2) is 4.07. The quantitative estimate of drug-likeness (QED) is 0.780. The number of hydrogen-bond acceptors (Lipinski definition) is 4. The molecule has 0 aromatic carbocycles. The maximum absolute atomic E-state index is 5.73. The summed E-state index contributed by atoms with van der Waals surface area (Å²) >= 11 is 1.71. The molecule has 2 heterocycles. The predicted octanol–water partition coefficient (Wildman–Crippen LogP) is 1.46. The van der Waals surface area contributed by atoms with Gasteiger partial charge >= 0.3 is 0 Å². The number of nitrogens with zero attached hydrogens (tertiary/aromatic N) is 2. The van der Waals surface area contributed by atoms with Crippen LogP contribution in [-0.4, -0.2) is 24.1 Å². The molecule has 72 valence electrons. The van der Waals surface area contributed by atoms with Crippen molar-refractivity contribution >= 4 is 16.5 Å². The molecule has 1 fully saturated rings. The Hall–Kier alpha value is -0.610. The predicted molar refractivity (Wildman–Crippen MR) is 56.2 cm³/mol. The lowest BCUT2D eigenvalue weighted by Gasteiger charge is -2.34. The molecule has 1 aliphatic heterocycles. The standard InChI is InChI=1S/C9H15N3S/c10-7-8-3-1-2-5-12(8)9-11-4-6-13-9/h4,6,8H,1-3,5,7,10H2/t8-/m0/s1. The summed E-state index contributed by atoms with van der Waals surface area (Å²) in [6.07, 6.45) is 5.66. The highest BCUT2D eigenvalue weighted by Crippen LogP contribution is 2.25. The zero-order valence-electron chi connectivity index (χ0n) is 7.65.